The van der Waals surface area contributed by atoms with Crippen LogP contribution in [-0.4, -0.2) is 19.6 Å². The summed E-state index contributed by atoms with van der Waals surface area (Å²) < 4.78 is 4.43. The summed E-state index contributed by atoms with van der Waals surface area (Å²) in [4.78, 5) is 10.6. The van der Waals surface area contributed by atoms with Crippen molar-refractivity contribution in [2.75, 3.05) is 13.7 Å². The van der Waals surface area contributed by atoms with Crippen LogP contribution in [0.1, 0.15) is 13.3 Å². The molecule has 0 heterocycles. The molecule has 0 saturated heterocycles. The van der Waals surface area contributed by atoms with E-state index in [0.717, 1.165) is 6.54 Å². The first-order chi connectivity index (χ1) is 4.70. The van der Waals surface area contributed by atoms with Crippen LogP contribution in [0.4, 0.5) is 0 Å². The highest BCUT2D eigenvalue weighted by Crippen LogP contribution is 1.93. The van der Waals surface area contributed by atoms with E-state index < -0.39 is 0 Å². The Morgan fingerprint density at radius 1 is 1.70 bits per heavy atom. The molecule has 0 unspecified atom stereocenters. The van der Waals surface area contributed by atoms with Crippen LogP contribution in [0.15, 0.2) is 12.3 Å². The molecule has 0 aromatic heterocycles. The molecule has 0 aliphatic rings. The zero-order valence-electron chi connectivity index (χ0n) is 6.44. The Balaban J connectivity index is 3.47. The van der Waals surface area contributed by atoms with Crippen molar-refractivity contribution < 1.29 is 9.53 Å². The minimum atomic E-state index is -0.258. The second kappa shape index (κ2) is 4.85. The standard InChI is InChI=1S/C7H13NO2/c1-4-8-6(2)5-7(9)10-3/h8H,2,4-5H2,1,3H3. The molecule has 3 nitrogen and oxygen atoms in total. The third-order valence-corrected chi connectivity index (χ3v) is 1.01. The van der Waals surface area contributed by atoms with Crippen LogP contribution in [0, 0.1) is 0 Å². The van der Waals surface area contributed by atoms with Crippen molar-refractivity contribution in [1.29, 1.82) is 0 Å². The molecule has 58 valence electrons. The smallest absolute Gasteiger partial charge is 0.311 e. The van der Waals surface area contributed by atoms with Gasteiger partial charge in [-0.2, -0.15) is 0 Å². The summed E-state index contributed by atoms with van der Waals surface area (Å²) in [7, 11) is 1.36. The summed E-state index contributed by atoms with van der Waals surface area (Å²) in [5.41, 5.74) is 0.703. The molecule has 1 N–H and O–H groups in total. The SMILES string of the molecule is C=C(CC(=O)OC)NCC. The van der Waals surface area contributed by atoms with Crippen LogP contribution in [-0.2, 0) is 9.53 Å². The van der Waals surface area contributed by atoms with Crippen LogP contribution in [0.5, 0.6) is 0 Å². The summed E-state index contributed by atoms with van der Waals surface area (Å²) in [6.45, 7) is 6.35. The van der Waals surface area contributed by atoms with E-state index in [-0.39, 0.29) is 12.4 Å². The highest BCUT2D eigenvalue weighted by molar-refractivity contribution is 5.71. The van der Waals surface area contributed by atoms with Gasteiger partial charge in [0.2, 0.25) is 0 Å². The van der Waals surface area contributed by atoms with Gasteiger partial charge >= 0.3 is 5.97 Å². The molecule has 0 spiro atoms. The summed E-state index contributed by atoms with van der Waals surface area (Å²) in [6.07, 6.45) is 0.254. The maximum atomic E-state index is 10.6. The fourth-order valence-corrected chi connectivity index (χ4v) is 0.559. The molecule has 0 fully saturated rings. The lowest BCUT2D eigenvalue weighted by Crippen LogP contribution is -2.15. The first-order valence-electron chi connectivity index (χ1n) is 3.19. The Morgan fingerprint density at radius 3 is 2.70 bits per heavy atom. The molecule has 0 amide bonds. The van der Waals surface area contributed by atoms with E-state index in [1.807, 2.05) is 6.92 Å². The van der Waals surface area contributed by atoms with Gasteiger partial charge in [0.25, 0.3) is 0 Å². The normalized spacial score (nSPS) is 8.60. The lowest BCUT2D eigenvalue weighted by molar-refractivity contribution is -0.139. The lowest BCUT2D eigenvalue weighted by Gasteiger charge is -2.04. The van der Waals surface area contributed by atoms with Gasteiger partial charge in [0, 0.05) is 12.2 Å². The maximum Gasteiger partial charge on any atom is 0.311 e. The molecule has 0 bridgehead atoms. The Bertz CT molecular complexity index is 132. The number of carbonyl (C=O) groups excluding carboxylic acids is 1. The highest BCUT2D eigenvalue weighted by Gasteiger charge is 2.00. The van der Waals surface area contributed by atoms with Gasteiger partial charge in [-0.05, 0) is 6.92 Å². The fraction of sp³-hybridized carbons (Fsp3) is 0.571. The second-order valence-corrected chi connectivity index (χ2v) is 1.89. The predicted octanol–water partition coefficient (Wildman–Crippen LogP) is 0.673. The molecule has 0 aromatic rings. The number of methoxy groups -OCH3 is 1. The topological polar surface area (TPSA) is 38.3 Å². The van der Waals surface area contributed by atoms with E-state index in [0.29, 0.717) is 5.70 Å². The first-order valence-corrected chi connectivity index (χ1v) is 3.19. The second-order valence-electron chi connectivity index (χ2n) is 1.89. The van der Waals surface area contributed by atoms with Crippen LogP contribution in [0.25, 0.3) is 0 Å². The van der Waals surface area contributed by atoms with Crippen LogP contribution in [0.3, 0.4) is 0 Å². The minimum absolute atomic E-state index is 0.254. The number of ether oxygens (including phenoxy) is 1. The van der Waals surface area contributed by atoms with Crippen molar-refractivity contribution in [2.24, 2.45) is 0 Å². The Kier molecular flexibility index (Phi) is 4.37. The Morgan fingerprint density at radius 2 is 2.30 bits per heavy atom. The summed E-state index contributed by atoms with van der Waals surface area (Å²) in [6, 6.07) is 0. The predicted molar refractivity (Wildman–Crippen MR) is 39.4 cm³/mol. The van der Waals surface area contributed by atoms with Crippen molar-refractivity contribution >= 4 is 5.97 Å². The van der Waals surface area contributed by atoms with Crippen LogP contribution in [0.2, 0.25) is 0 Å². The summed E-state index contributed by atoms with van der Waals surface area (Å²) in [5, 5.41) is 2.92. The molecule has 0 atom stereocenters. The average Bonchev–Trinajstić information content (AvgIpc) is 1.88. The third-order valence-electron chi connectivity index (χ3n) is 1.01. The van der Waals surface area contributed by atoms with E-state index in [4.69, 9.17) is 0 Å². The largest absolute Gasteiger partial charge is 0.469 e. The summed E-state index contributed by atoms with van der Waals surface area (Å²) >= 11 is 0. The van der Waals surface area contributed by atoms with Gasteiger partial charge in [-0.3, -0.25) is 4.79 Å². The number of nitrogens with one attached hydrogen (secondary N) is 1. The average molecular weight is 143 g/mol. The zero-order chi connectivity index (χ0) is 7.98. The van der Waals surface area contributed by atoms with Gasteiger partial charge in [0.05, 0.1) is 13.5 Å². The van der Waals surface area contributed by atoms with Gasteiger partial charge in [0.1, 0.15) is 0 Å². The van der Waals surface area contributed by atoms with Crippen molar-refractivity contribution in [3.05, 3.63) is 12.3 Å². The number of rotatable bonds is 4. The van der Waals surface area contributed by atoms with E-state index >= 15 is 0 Å². The summed E-state index contributed by atoms with van der Waals surface area (Å²) in [5.74, 6) is -0.258. The van der Waals surface area contributed by atoms with Crippen LogP contribution >= 0.6 is 0 Å². The molecule has 0 radical (unpaired) electrons. The maximum absolute atomic E-state index is 10.6. The van der Waals surface area contributed by atoms with E-state index in [9.17, 15) is 4.79 Å². The number of esters is 1. The van der Waals surface area contributed by atoms with Crippen molar-refractivity contribution in [2.45, 2.75) is 13.3 Å². The van der Waals surface area contributed by atoms with Gasteiger partial charge in [0.15, 0.2) is 0 Å². The molecule has 3 heteroatoms. The van der Waals surface area contributed by atoms with Gasteiger partial charge in [-0.15, -0.1) is 0 Å². The molecule has 0 saturated carbocycles. The van der Waals surface area contributed by atoms with Gasteiger partial charge < -0.3 is 10.1 Å². The van der Waals surface area contributed by atoms with E-state index in [1.165, 1.54) is 7.11 Å². The molecule has 0 aliphatic carbocycles. The molecule has 0 aromatic carbocycles. The molecule has 0 aliphatic heterocycles. The highest BCUT2D eigenvalue weighted by atomic mass is 16.5. The van der Waals surface area contributed by atoms with Crippen molar-refractivity contribution in [3.63, 3.8) is 0 Å². The molecular weight excluding hydrogens is 130 g/mol. The Labute approximate surface area is 61.1 Å². The third kappa shape index (κ3) is 3.95. The monoisotopic (exact) mass is 143 g/mol. The van der Waals surface area contributed by atoms with E-state index in [2.05, 4.69) is 16.6 Å². The molecule has 10 heavy (non-hydrogen) atoms. The van der Waals surface area contributed by atoms with Crippen molar-refractivity contribution in [1.82, 2.24) is 5.32 Å². The van der Waals surface area contributed by atoms with Gasteiger partial charge in [-0.25, -0.2) is 0 Å². The number of carbonyl (C=O) groups is 1. The van der Waals surface area contributed by atoms with Crippen LogP contribution < -0.4 is 5.32 Å². The minimum Gasteiger partial charge on any atom is -0.469 e. The van der Waals surface area contributed by atoms with Crippen molar-refractivity contribution in [3.8, 4) is 0 Å². The first kappa shape index (κ1) is 9.01. The lowest BCUT2D eigenvalue weighted by atomic mass is 10.3. The van der Waals surface area contributed by atoms with E-state index in [1.54, 1.807) is 0 Å². The molecular formula is C7H13NO2. The Hall–Kier alpha value is -0.990. The zero-order valence-corrected chi connectivity index (χ0v) is 6.44. The number of hydrogen-bond donors (Lipinski definition) is 1. The number of hydrogen-bond acceptors (Lipinski definition) is 3. The quantitative estimate of drug-likeness (QED) is 0.588. The fourth-order valence-electron chi connectivity index (χ4n) is 0.559. The molecule has 0 rings (SSSR count). The van der Waals surface area contributed by atoms with Gasteiger partial charge in [-0.1, -0.05) is 6.58 Å².